The zero-order chi connectivity index (χ0) is 25.5. The van der Waals surface area contributed by atoms with E-state index in [1.165, 1.54) is 49.8 Å². The highest BCUT2D eigenvalue weighted by atomic mass is 16.1. The molecule has 0 bridgehead atoms. The Hall–Kier alpha value is -2.86. The number of hydrogen-bond donors (Lipinski definition) is 3. The summed E-state index contributed by atoms with van der Waals surface area (Å²) in [7, 11) is 0. The van der Waals surface area contributed by atoms with Crippen molar-refractivity contribution in [2.24, 2.45) is 11.8 Å². The lowest BCUT2D eigenvalue weighted by Gasteiger charge is -2.45. The number of hydrogen-bond acceptors (Lipinski definition) is 4. The predicted molar refractivity (Wildman–Crippen MR) is 150 cm³/mol. The van der Waals surface area contributed by atoms with E-state index in [2.05, 4.69) is 63.6 Å². The van der Waals surface area contributed by atoms with Crippen LogP contribution in [0.25, 0.3) is 11.0 Å². The van der Waals surface area contributed by atoms with Crippen LogP contribution in [0.2, 0.25) is 0 Å². The van der Waals surface area contributed by atoms with Crippen molar-refractivity contribution in [2.75, 3.05) is 11.9 Å². The largest absolute Gasteiger partial charge is 0.382 e. The molecular weight excluding hydrogens is 458 g/mol. The third-order valence-corrected chi connectivity index (χ3v) is 9.36. The number of nitrogens with zero attached hydrogens (tertiary/aromatic N) is 2. The third kappa shape index (κ3) is 4.54. The molecule has 0 radical (unpaired) electrons. The van der Waals surface area contributed by atoms with Crippen LogP contribution in [-0.2, 0) is 0 Å². The maximum atomic E-state index is 13.4. The van der Waals surface area contributed by atoms with Crippen molar-refractivity contribution in [3.05, 3.63) is 59.4 Å². The van der Waals surface area contributed by atoms with Crippen molar-refractivity contribution in [1.82, 2.24) is 20.2 Å². The number of likely N-dealkylation sites (tertiary alicyclic amines) is 1. The van der Waals surface area contributed by atoms with E-state index in [0.717, 1.165) is 29.8 Å². The quantitative estimate of drug-likeness (QED) is 0.377. The Balaban J connectivity index is 1.23. The normalized spacial score (nSPS) is 28.4. The number of rotatable bonds is 6. The van der Waals surface area contributed by atoms with E-state index in [9.17, 15) is 4.79 Å². The van der Waals surface area contributed by atoms with Crippen molar-refractivity contribution in [3.63, 3.8) is 0 Å². The van der Waals surface area contributed by atoms with Gasteiger partial charge < -0.3 is 15.6 Å². The average Bonchev–Trinajstić information content (AvgIpc) is 3.52. The van der Waals surface area contributed by atoms with Gasteiger partial charge in [0.05, 0.1) is 11.0 Å². The topological polar surface area (TPSA) is 73.0 Å². The van der Waals surface area contributed by atoms with E-state index in [4.69, 9.17) is 0 Å². The molecule has 1 unspecified atom stereocenters. The monoisotopic (exact) mass is 499 g/mol. The SMILES string of the molecule is CCC[C@@H]1Nc2ccccc2[C@H]2[C@@H]1CCN2C(C)[C@H]1CCCC[C@H]1NC(=O)c1ccc2nc(C)[nH]c2c1. The number of para-hydroxylation sites is 1. The second-order valence-electron chi connectivity index (χ2n) is 11.6. The minimum absolute atomic E-state index is 0.0350. The molecule has 2 fully saturated rings. The Kier molecular flexibility index (Phi) is 6.70. The van der Waals surface area contributed by atoms with E-state index in [1.807, 2.05) is 25.1 Å². The molecule has 2 aliphatic heterocycles. The Morgan fingerprint density at radius 3 is 2.86 bits per heavy atom. The van der Waals surface area contributed by atoms with Gasteiger partial charge >= 0.3 is 0 Å². The lowest BCUT2D eigenvalue weighted by molar-refractivity contribution is 0.0709. The minimum Gasteiger partial charge on any atom is -0.382 e. The van der Waals surface area contributed by atoms with E-state index < -0.39 is 0 Å². The fourth-order valence-electron chi connectivity index (χ4n) is 7.61. The van der Waals surface area contributed by atoms with Crippen LogP contribution < -0.4 is 10.6 Å². The molecule has 6 nitrogen and oxygen atoms in total. The van der Waals surface area contributed by atoms with Gasteiger partial charge in [0.15, 0.2) is 0 Å². The molecular formula is C31H41N5O. The molecule has 3 aromatic rings. The van der Waals surface area contributed by atoms with Crippen LogP contribution in [0, 0.1) is 18.8 Å². The van der Waals surface area contributed by atoms with Gasteiger partial charge in [-0.15, -0.1) is 0 Å². The van der Waals surface area contributed by atoms with Crippen LogP contribution in [-0.4, -0.2) is 45.4 Å². The number of aromatic nitrogens is 2. The van der Waals surface area contributed by atoms with Crippen LogP contribution in [0.3, 0.4) is 0 Å². The smallest absolute Gasteiger partial charge is 0.251 e. The Bertz CT molecular complexity index is 1270. The molecule has 6 heteroatoms. The summed E-state index contributed by atoms with van der Waals surface area (Å²) in [6, 6.07) is 16.4. The first-order chi connectivity index (χ1) is 18.0. The molecule has 1 saturated heterocycles. The number of aryl methyl sites for hydroxylation is 1. The van der Waals surface area contributed by atoms with Gasteiger partial charge in [-0.3, -0.25) is 9.69 Å². The first kappa shape index (κ1) is 24.5. The number of carbonyl (C=O) groups is 1. The fraction of sp³-hybridized carbons (Fsp3) is 0.548. The summed E-state index contributed by atoms with van der Waals surface area (Å²) in [6.07, 6.45) is 8.35. The van der Waals surface area contributed by atoms with Crippen molar-refractivity contribution in [2.45, 2.75) is 89.9 Å². The number of fused-ring (bicyclic) bond motifs is 4. The Morgan fingerprint density at radius 1 is 1.16 bits per heavy atom. The van der Waals surface area contributed by atoms with Crippen molar-refractivity contribution in [3.8, 4) is 0 Å². The average molecular weight is 500 g/mol. The molecule has 2 aromatic carbocycles. The molecule has 3 aliphatic rings. The third-order valence-electron chi connectivity index (χ3n) is 9.36. The number of nitrogens with one attached hydrogen (secondary N) is 3. The maximum absolute atomic E-state index is 13.4. The van der Waals surface area contributed by atoms with Crippen molar-refractivity contribution in [1.29, 1.82) is 0 Å². The van der Waals surface area contributed by atoms with Crippen LogP contribution in [0.5, 0.6) is 0 Å². The van der Waals surface area contributed by atoms with Gasteiger partial charge in [0, 0.05) is 41.3 Å². The van der Waals surface area contributed by atoms with E-state index in [-0.39, 0.29) is 11.9 Å². The number of benzene rings is 2. The standard InChI is InChI=1S/C31H41N5O/c1-4-9-25-24-16-17-36(30(24)23-11-6-8-13-27(23)34-25)19(2)22-10-5-7-12-26(22)35-31(37)21-14-15-28-29(18-21)33-20(3)32-28/h6,8,11,13-15,18-19,22,24-26,30,34H,4-5,7,9-10,12,16-17H2,1-3H3,(H,32,33)(H,35,37)/t19?,22-,24-,25+,26-,30+/m1/s1. The molecule has 37 heavy (non-hydrogen) atoms. The molecule has 3 heterocycles. The number of anilines is 1. The molecule has 196 valence electrons. The second kappa shape index (κ2) is 10.1. The molecule has 1 saturated carbocycles. The number of amides is 1. The zero-order valence-corrected chi connectivity index (χ0v) is 22.5. The number of H-pyrrole nitrogens is 1. The zero-order valence-electron chi connectivity index (χ0n) is 22.5. The first-order valence-electron chi connectivity index (χ1n) is 14.4. The Labute approximate surface area is 220 Å². The minimum atomic E-state index is 0.0350. The summed E-state index contributed by atoms with van der Waals surface area (Å²) in [5, 5.41) is 7.35. The van der Waals surface area contributed by atoms with Gasteiger partial charge in [-0.25, -0.2) is 4.98 Å². The lowest BCUT2D eigenvalue weighted by Crippen LogP contribution is -2.51. The number of carbonyl (C=O) groups excluding carboxylic acids is 1. The first-order valence-corrected chi connectivity index (χ1v) is 14.4. The summed E-state index contributed by atoms with van der Waals surface area (Å²) < 4.78 is 0. The summed E-state index contributed by atoms with van der Waals surface area (Å²) in [5.41, 5.74) is 5.32. The summed E-state index contributed by atoms with van der Waals surface area (Å²) in [6.45, 7) is 7.81. The Morgan fingerprint density at radius 2 is 2.00 bits per heavy atom. The lowest BCUT2D eigenvalue weighted by atomic mass is 9.77. The molecule has 3 N–H and O–H groups in total. The van der Waals surface area contributed by atoms with Crippen LogP contribution in [0.1, 0.15) is 86.6 Å². The molecule has 1 aliphatic carbocycles. The predicted octanol–water partition coefficient (Wildman–Crippen LogP) is 6.21. The van der Waals surface area contributed by atoms with E-state index >= 15 is 0 Å². The highest BCUT2D eigenvalue weighted by Crippen LogP contribution is 2.49. The van der Waals surface area contributed by atoms with Gasteiger partial charge in [-0.2, -0.15) is 0 Å². The summed E-state index contributed by atoms with van der Waals surface area (Å²) in [5.74, 6) is 2.02. The number of imidazole rings is 1. The highest BCUT2D eigenvalue weighted by molar-refractivity contribution is 5.97. The van der Waals surface area contributed by atoms with Crippen molar-refractivity contribution >= 4 is 22.6 Å². The van der Waals surface area contributed by atoms with E-state index in [0.29, 0.717) is 35.5 Å². The van der Waals surface area contributed by atoms with Crippen molar-refractivity contribution < 1.29 is 4.79 Å². The van der Waals surface area contributed by atoms with Crippen LogP contribution >= 0.6 is 0 Å². The number of aromatic amines is 1. The maximum Gasteiger partial charge on any atom is 0.251 e. The van der Waals surface area contributed by atoms with Crippen LogP contribution in [0.4, 0.5) is 5.69 Å². The molecule has 1 aromatic heterocycles. The van der Waals surface area contributed by atoms with Gasteiger partial charge in [-0.1, -0.05) is 44.4 Å². The second-order valence-corrected chi connectivity index (χ2v) is 11.6. The van der Waals surface area contributed by atoms with Gasteiger partial charge in [0.1, 0.15) is 5.82 Å². The molecule has 0 spiro atoms. The van der Waals surface area contributed by atoms with Crippen LogP contribution in [0.15, 0.2) is 42.5 Å². The fourth-order valence-corrected chi connectivity index (χ4v) is 7.61. The summed E-state index contributed by atoms with van der Waals surface area (Å²) >= 11 is 0. The molecule has 6 atom stereocenters. The highest BCUT2D eigenvalue weighted by Gasteiger charge is 2.47. The van der Waals surface area contributed by atoms with Gasteiger partial charge in [0.25, 0.3) is 5.91 Å². The molecule has 1 amide bonds. The van der Waals surface area contributed by atoms with E-state index in [1.54, 1.807) is 0 Å². The molecule has 6 rings (SSSR count). The van der Waals surface area contributed by atoms with Gasteiger partial charge in [0.2, 0.25) is 0 Å². The summed E-state index contributed by atoms with van der Waals surface area (Å²) in [4.78, 5) is 23.9. The van der Waals surface area contributed by atoms with Gasteiger partial charge in [-0.05, 0) is 81.8 Å².